The number of nitrogen functional groups attached to an aromatic ring is 1. The quantitative estimate of drug-likeness (QED) is 0.898. The molecule has 0 atom stereocenters. The average molecular weight is 269 g/mol. The van der Waals surface area contributed by atoms with Gasteiger partial charge in [-0.1, -0.05) is 12.8 Å². The van der Waals surface area contributed by atoms with E-state index in [1.165, 1.54) is 29.4 Å². The topological polar surface area (TPSA) is 76.3 Å². The molecule has 1 fully saturated rings. The van der Waals surface area contributed by atoms with E-state index in [1.807, 2.05) is 0 Å². The van der Waals surface area contributed by atoms with Crippen molar-refractivity contribution in [3.63, 3.8) is 0 Å². The second-order valence-corrected chi connectivity index (χ2v) is 6.84. The van der Waals surface area contributed by atoms with Gasteiger partial charge in [0.05, 0.1) is 0 Å². The Morgan fingerprint density at radius 1 is 1.44 bits per heavy atom. The van der Waals surface area contributed by atoms with E-state index in [9.17, 15) is 8.42 Å². The van der Waals surface area contributed by atoms with Crippen LogP contribution in [0.15, 0.2) is 23.2 Å². The van der Waals surface area contributed by atoms with E-state index in [0.29, 0.717) is 12.5 Å². The van der Waals surface area contributed by atoms with Crippen LogP contribution in [0.2, 0.25) is 0 Å². The van der Waals surface area contributed by atoms with Crippen molar-refractivity contribution in [2.24, 2.45) is 5.92 Å². The van der Waals surface area contributed by atoms with Gasteiger partial charge in [-0.15, -0.1) is 0 Å². The lowest BCUT2D eigenvalue weighted by molar-refractivity contribution is 0.387. The van der Waals surface area contributed by atoms with E-state index in [4.69, 9.17) is 5.73 Å². The fourth-order valence-corrected chi connectivity index (χ4v) is 3.75. The highest BCUT2D eigenvalue weighted by atomic mass is 32.2. The van der Waals surface area contributed by atoms with Gasteiger partial charge in [-0.3, -0.25) is 0 Å². The highest BCUT2D eigenvalue weighted by molar-refractivity contribution is 7.89. The minimum Gasteiger partial charge on any atom is -0.383 e. The molecule has 100 valence electrons. The summed E-state index contributed by atoms with van der Waals surface area (Å²) in [5, 5.41) is 0. The summed E-state index contributed by atoms with van der Waals surface area (Å²) >= 11 is 0. The molecule has 1 aromatic rings. The molecule has 2 N–H and O–H groups in total. The lowest BCUT2D eigenvalue weighted by atomic mass is 10.1. The Labute approximate surface area is 108 Å². The molecule has 0 unspecified atom stereocenters. The van der Waals surface area contributed by atoms with Crippen molar-refractivity contribution in [3.05, 3.63) is 18.3 Å². The van der Waals surface area contributed by atoms with Gasteiger partial charge in [0, 0.05) is 19.8 Å². The zero-order chi connectivity index (χ0) is 13.2. The summed E-state index contributed by atoms with van der Waals surface area (Å²) in [7, 11) is -1.90. The maximum Gasteiger partial charge on any atom is 0.246 e. The van der Waals surface area contributed by atoms with Crippen LogP contribution in [-0.2, 0) is 10.0 Å². The predicted octanol–water partition coefficient (Wildman–Crippen LogP) is 1.47. The number of aromatic nitrogens is 1. The number of rotatable bonds is 4. The van der Waals surface area contributed by atoms with Crippen LogP contribution in [0, 0.1) is 5.92 Å². The molecule has 0 aliphatic heterocycles. The van der Waals surface area contributed by atoms with Crippen molar-refractivity contribution in [1.29, 1.82) is 0 Å². The number of sulfonamides is 1. The molecule has 6 heteroatoms. The van der Waals surface area contributed by atoms with Crippen molar-refractivity contribution >= 4 is 15.8 Å². The molecule has 0 aromatic carbocycles. The van der Waals surface area contributed by atoms with Crippen molar-refractivity contribution in [1.82, 2.24) is 9.29 Å². The molecular weight excluding hydrogens is 250 g/mol. The summed E-state index contributed by atoms with van der Waals surface area (Å²) in [5.74, 6) is 0.540. The van der Waals surface area contributed by atoms with E-state index in [1.54, 1.807) is 13.1 Å². The number of hydrogen-bond donors (Lipinski definition) is 1. The van der Waals surface area contributed by atoms with Crippen LogP contribution in [0.5, 0.6) is 0 Å². The van der Waals surface area contributed by atoms with Crippen molar-refractivity contribution < 1.29 is 8.42 Å². The third kappa shape index (κ3) is 2.64. The second-order valence-electron chi connectivity index (χ2n) is 4.82. The molecule has 18 heavy (non-hydrogen) atoms. The van der Waals surface area contributed by atoms with Gasteiger partial charge in [0.2, 0.25) is 10.0 Å². The molecule has 1 aliphatic rings. The number of nitrogens with zero attached hydrogens (tertiary/aromatic N) is 2. The molecule has 0 saturated heterocycles. The summed E-state index contributed by atoms with van der Waals surface area (Å²) in [6.45, 7) is 0.566. The fraction of sp³-hybridized carbons (Fsp3) is 0.583. The van der Waals surface area contributed by atoms with Crippen LogP contribution < -0.4 is 5.73 Å². The SMILES string of the molecule is CN(CC1CCCC1)S(=O)(=O)c1cccnc1N. The van der Waals surface area contributed by atoms with Crippen LogP contribution in [0.3, 0.4) is 0 Å². The van der Waals surface area contributed by atoms with Crippen LogP contribution in [0.25, 0.3) is 0 Å². The first-order chi connectivity index (χ1) is 8.51. The van der Waals surface area contributed by atoms with Crippen LogP contribution in [-0.4, -0.2) is 31.3 Å². The summed E-state index contributed by atoms with van der Waals surface area (Å²) in [5.41, 5.74) is 5.64. The maximum absolute atomic E-state index is 12.3. The second kappa shape index (κ2) is 5.24. The maximum atomic E-state index is 12.3. The Hall–Kier alpha value is -1.14. The van der Waals surface area contributed by atoms with Gasteiger partial charge in [0.25, 0.3) is 0 Å². The van der Waals surface area contributed by atoms with Crippen LogP contribution in [0.1, 0.15) is 25.7 Å². The zero-order valence-corrected chi connectivity index (χ0v) is 11.4. The van der Waals surface area contributed by atoms with Crippen molar-refractivity contribution in [2.45, 2.75) is 30.6 Å². The number of hydrogen-bond acceptors (Lipinski definition) is 4. The van der Waals surface area contributed by atoms with E-state index in [2.05, 4.69) is 4.98 Å². The third-order valence-electron chi connectivity index (χ3n) is 3.48. The van der Waals surface area contributed by atoms with Gasteiger partial charge in [-0.05, 0) is 30.9 Å². The summed E-state index contributed by atoms with van der Waals surface area (Å²) in [6, 6.07) is 3.09. The molecule has 1 heterocycles. The number of anilines is 1. The Balaban J connectivity index is 2.17. The largest absolute Gasteiger partial charge is 0.383 e. The first-order valence-electron chi connectivity index (χ1n) is 6.18. The molecule has 1 aromatic heterocycles. The molecule has 1 aliphatic carbocycles. The van der Waals surface area contributed by atoms with Gasteiger partial charge in [0.15, 0.2) is 0 Å². The minimum atomic E-state index is -3.51. The number of nitrogens with two attached hydrogens (primary N) is 1. The predicted molar refractivity (Wildman–Crippen MR) is 70.4 cm³/mol. The molecule has 0 amide bonds. The van der Waals surface area contributed by atoms with E-state index in [-0.39, 0.29) is 10.7 Å². The first kappa shape index (κ1) is 13.3. The van der Waals surface area contributed by atoms with Gasteiger partial charge in [0.1, 0.15) is 10.7 Å². The standard InChI is InChI=1S/C12H19N3O2S/c1-15(9-10-5-2-3-6-10)18(16,17)11-7-4-8-14-12(11)13/h4,7-8,10H,2-3,5-6,9H2,1H3,(H2,13,14). The number of pyridine rings is 1. The Kier molecular flexibility index (Phi) is 3.87. The lowest BCUT2D eigenvalue weighted by Crippen LogP contribution is -2.31. The van der Waals surface area contributed by atoms with E-state index >= 15 is 0 Å². The average Bonchev–Trinajstić information content (AvgIpc) is 2.82. The molecule has 0 spiro atoms. The molecular formula is C12H19N3O2S. The van der Waals surface area contributed by atoms with E-state index < -0.39 is 10.0 Å². The van der Waals surface area contributed by atoms with Crippen LogP contribution in [0.4, 0.5) is 5.82 Å². The first-order valence-corrected chi connectivity index (χ1v) is 7.62. The molecule has 2 rings (SSSR count). The fourth-order valence-electron chi connectivity index (χ4n) is 2.44. The van der Waals surface area contributed by atoms with Crippen molar-refractivity contribution in [3.8, 4) is 0 Å². The summed E-state index contributed by atoms with van der Waals surface area (Å²) in [4.78, 5) is 3.93. The monoisotopic (exact) mass is 269 g/mol. The highest BCUT2D eigenvalue weighted by Crippen LogP contribution is 2.27. The Morgan fingerprint density at radius 2 is 2.11 bits per heavy atom. The molecule has 0 radical (unpaired) electrons. The van der Waals surface area contributed by atoms with Crippen molar-refractivity contribution in [2.75, 3.05) is 19.3 Å². The van der Waals surface area contributed by atoms with Gasteiger partial charge >= 0.3 is 0 Å². The smallest absolute Gasteiger partial charge is 0.246 e. The Bertz CT molecular complexity index is 510. The normalized spacial score (nSPS) is 17.4. The van der Waals surface area contributed by atoms with E-state index in [0.717, 1.165) is 12.8 Å². The molecule has 0 bridgehead atoms. The zero-order valence-electron chi connectivity index (χ0n) is 10.5. The van der Waals surface area contributed by atoms with Crippen LogP contribution >= 0.6 is 0 Å². The van der Waals surface area contributed by atoms with Gasteiger partial charge in [-0.2, -0.15) is 0 Å². The lowest BCUT2D eigenvalue weighted by Gasteiger charge is -2.21. The minimum absolute atomic E-state index is 0.0655. The Morgan fingerprint density at radius 3 is 2.72 bits per heavy atom. The molecule has 5 nitrogen and oxygen atoms in total. The highest BCUT2D eigenvalue weighted by Gasteiger charge is 2.27. The third-order valence-corrected chi connectivity index (χ3v) is 5.35. The van der Waals surface area contributed by atoms with Gasteiger partial charge in [-0.25, -0.2) is 17.7 Å². The van der Waals surface area contributed by atoms with Gasteiger partial charge < -0.3 is 5.73 Å². The molecule has 1 saturated carbocycles. The summed E-state index contributed by atoms with van der Waals surface area (Å²) < 4.78 is 26.1. The summed E-state index contributed by atoms with van der Waals surface area (Å²) in [6.07, 6.45) is 6.12.